The number of allylic oxidation sites excluding steroid dienone is 1. The molecule has 1 spiro atoms. The number of piperidine rings is 1. The van der Waals surface area contributed by atoms with Crippen LogP contribution in [0.5, 0.6) is 11.6 Å². The molecule has 3 N–H and O–H groups in total. The van der Waals surface area contributed by atoms with Gasteiger partial charge in [0.05, 0.1) is 19.6 Å². The number of nitrogens with two attached hydrogens (primary N) is 1. The summed E-state index contributed by atoms with van der Waals surface area (Å²) in [4.78, 5) is 34.4. The van der Waals surface area contributed by atoms with Crippen molar-refractivity contribution in [3.05, 3.63) is 53.7 Å². The molecule has 178 valence electrons. The molecule has 2 saturated heterocycles. The highest BCUT2D eigenvalue weighted by Crippen LogP contribution is 2.43. The van der Waals surface area contributed by atoms with Crippen molar-refractivity contribution in [2.75, 3.05) is 38.8 Å². The number of carbonyl (C=O) groups excluding carboxylic acids is 2. The van der Waals surface area contributed by atoms with Gasteiger partial charge in [-0.15, -0.1) is 0 Å². The maximum absolute atomic E-state index is 13.5. The molecule has 0 radical (unpaired) electrons. The van der Waals surface area contributed by atoms with Crippen molar-refractivity contribution in [1.29, 1.82) is 5.41 Å². The molecule has 2 aliphatic heterocycles. The monoisotopic (exact) mass is 463 g/mol. The van der Waals surface area contributed by atoms with Gasteiger partial charge >= 0.3 is 0 Å². The third-order valence-electron chi connectivity index (χ3n) is 6.82. The Hall–Kier alpha value is -3.88. The Labute approximate surface area is 198 Å². The molecule has 4 rings (SSSR count). The first-order valence-corrected chi connectivity index (χ1v) is 11.2. The van der Waals surface area contributed by atoms with Crippen LogP contribution in [0.2, 0.25) is 0 Å². The number of hydrogen-bond acceptors (Lipinski definition) is 7. The van der Waals surface area contributed by atoms with Crippen LogP contribution < -0.4 is 20.1 Å². The van der Waals surface area contributed by atoms with Crippen molar-refractivity contribution in [3.8, 4) is 11.6 Å². The third-order valence-corrected chi connectivity index (χ3v) is 6.82. The van der Waals surface area contributed by atoms with E-state index in [-0.39, 0.29) is 11.8 Å². The maximum atomic E-state index is 13.5. The fourth-order valence-corrected chi connectivity index (χ4v) is 4.73. The molecule has 1 aromatic heterocycles. The Morgan fingerprint density at radius 2 is 1.74 bits per heavy atom. The minimum absolute atomic E-state index is 0.0308. The summed E-state index contributed by atoms with van der Waals surface area (Å²) in [6.07, 6.45) is 4.41. The highest BCUT2D eigenvalue weighted by Gasteiger charge is 2.49. The van der Waals surface area contributed by atoms with E-state index in [1.54, 1.807) is 48.4 Å². The quantitative estimate of drug-likeness (QED) is 0.635. The normalized spacial score (nSPS) is 17.7. The predicted molar refractivity (Wildman–Crippen MR) is 129 cm³/mol. The van der Waals surface area contributed by atoms with E-state index >= 15 is 0 Å². The van der Waals surface area contributed by atoms with Crippen LogP contribution in [-0.2, 0) is 4.79 Å². The number of ether oxygens (including phenoxy) is 2. The number of anilines is 1. The number of nitrogens with zero attached hydrogens (tertiary/aromatic N) is 3. The van der Waals surface area contributed by atoms with E-state index in [4.69, 9.17) is 20.6 Å². The van der Waals surface area contributed by atoms with E-state index in [2.05, 4.69) is 4.98 Å². The predicted octanol–water partition coefficient (Wildman–Crippen LogP) is 2.71. The van der Waals surface area contributed by atoms with Crippen molar-refractivity contribution in [3.63, 3.8) is 0 Å². The van der Waals surface area contributed by atoms with Crippen LogP contribution in [-0.4, -0.2) is 61.8 Å². The minimum atomic E-state index is -0.485. The van der Waals surface area contributed by atoms with Gasteiger partial charge in [-0.05, 0) is 55.7 Å². The summed E-state index contributed by atoms with van der Waals surface area (Å²) in [7, 11) is 3.09. The lowest BCUT2D eigenvalue weighted by Crippen LogP contribution is -2.46. The Balaban J connectivity index is 1.46. The SMILES string of the molecule is COc1ccc(C(=O)N2CCC3(CC2)CCN(c2ccc(/C(C=N)=C/N)c(OC)n2)C3=O)cc1. The Morgan fingerprint density at radius 3 is 2.32 bits per heavy atom. The van der Waals surface area contributed by atoms with Crippen LogP contribution >= 0.6 is 0 Å². The summed E-state index contributed by atoms with van der Waals surface area (Å²) in [6, 6.07) is 10.6. The van der Waals surface area contributed by atoms with Crippen molar-refractivity contribution in [2.24, 2.45) is 11.1 Å². The highest BCUT2D eigenvalue weighted by atomic mass is 16.5. The molecule has 2 aliphatic rings. The highest BCUT2D eigenvalue weighted by molar-refractivity contribution is 6.09. The number of rotatable bonds is 6. The van der Waals surface area contributed by atoms with Crippen LogP contribution in [0.4, 0.5) is 5.82 Å². The number of hydrogen-bond donors (Lipinski definition) is 2. The van der Waals surface area contributed by atoms with Crippen LogP contribution in [0, 0.1) is 10.8 Å². The number of amides is 2. The van der Waals surface area contributed by atoms with Crippen LogP contribution in [0.1, 0.15) is 35.2 Å². The van der Waals surface area contributed by atoms with Gasteiger partial charge in [0, 0.05) is 48.7 Å². The van der Waals surface area contributed by atoms with Crippen molar-refractivity contribution >= 4 is 29.4 Å². The molecule has 0 atom stereocenters. The number of nitrogens with one attached hydrogen (secondary N) is 1. The molecule has 0 bridgehead atoms. The van der Waals surface area contributed by atoms with Crippen molar-refractivity contribution in [2.45, 2.75) is 19.3 Å². The first kappa shape index (κ1) is 23.3. The zero-order valence-electron chi connectivity index (χ0n) is 19.4. The first-order chi connectivity index (χ1) is 16.5. The van der Waals surface area contributed by atoms with Gasteiger partial charge in [-0.2, -0.15) is 4.98 Å². The number of benzene rings is 1. The lowest BCUT2D eigenvalue weighted by molar-refractivity contribution is -0.127. The smallest absolute Gasteiger partial charge is 0.253 e. The molecule has 0 saturated carbocycles. The summed E-state index contributed by atoms with van der Waals surface area (Å²) in [5, 5.41) is 7.52. The van der Waals surface area contributed by atoms with Crippen LogP contribution in [0.15, 0.2) is 42.6 Å². The number of likely N-dealkylation sites (tertiary alicyclic amines) is 1. The van der Waals surface area contributed by atoms with Gasteiger partial charge in [0.1, 0.15) is 11.6 Å². The standard InChI is InChI=1S/C25H29N5O4/c1-33-19-5-3-17(4-6-19)23(31)29-12-9-25(10-13-29)11-14-30(24(25)32)21-8-7-20(18(15-26)16-27)22(28-21)34-2/h3-8,15-16,26H,9-14,27H2,1-2H3/b18-16+,26-15?. The topological polar surface area (TPSA) is 122 Å². The van der Waals surface area contributed by atoms with Crippen LogP contribution in [0.25, 0.3) is 5.57 Å². The molecule has 9 nitrogen and oxygen atoms in total. The van der Waals surface area contributed by atoms with Gasteiger partial charge < -0.3 is 25.5 Å². The fraction of sp³-hybridized carbons (Fsp3) is 0.360. The van der Waals surface area contributed by atoms with Gasteiger partial charge in [-0.25, -0.2) is 0 Å². The molecule has 2 amide bonds. The van der Waals surface area contributed by atoms with Gasteiger partial charge in [0.15, 0.2) is 0 Å². The average Bonchev–Trinajstić information content (AvgIpc) is 3.20. The molecule has 0 aliphatic carbocycles. The molecule has 3 heterocycles. The third kappa shape index (κ3) is 4.09. The zero-order valence-corrected chi connectivity index (χ0v) is 19.4. The largest absolute Gasteiger partial charge is 0.497 e. The lowest BCUT2D eigenvalue weighted by Gasteiger charge is -2.38. The second kappa shape index (κ2) is 9.54. The van der Waals surface area contributed by atoms with E-state index in [0.717, 1.165) is 12.6 Å². The second-order valence-electron chi connectivity index (χ2n) is 8.50. The molecule has 34 heavy (non-hydrogen) atoms. The zero-order chi connectivity index (χ0) is 24.3. The van der Waals surface area contributed by atoms with E-state index in [0.29, 0.717) is 66.6 Å². The van der Waals surface area contributed by atoms with Gasteiger partial charge in [0.25, 0.3) is 5.91 Å². The summed E-state index contributed by atoms with van der Waals surface area (Å²) in [5.41, 5.74) is 6.81. The summed E-state index contributed by atoms with van der Waals surface area (Å²) in [6.45, 7) is 1.62. The molecule has 9 heteroatoms. The number of aromatic nitrogens is 1. The van der Waals surface area contributed by atoms with Gasteiger partial charge in [-0.3, -0.25) is 14.5 Å². The Bertz CT molecular complexity index is 1120. The van der Waals surface area contributed by atoms with Crippen molar-refractivity contribution < 1.29 is 19.1 Å². The Kier molecular flexibility index (Phi) is 6.54. The van der Waals surface area contributed by atoms with E-state index in [1.165, 1.54) is 13.3 Å². The molecule has 0 unspecified atom stereocenters. The summed E-state index contributed by atoms with van der Waals surface area (Å²) in [5.74, 6) is 1.54. The summed E-state index contributed by atoms with van der Waals surface area (Å²) >= 11 is 0. The summed E-state index contributed by atoms with van der Waals surface area (Å²) < 4.78 is 10.6. The van der Waals surface area contributed by atoms with Gasteiger partial charge in [0.2, 0.25) is 11.8 Å². The molecule has 2 fully saturated rings. The van der Waals surface area contributed by atoms with Gasteiger partial charge in [-0.1, -0.05) is 0 Å². The molecular weight excluding hydrogens is 434 g/mol. The second-order valence-corrected chi connectivity index (χ2v) is 8.50. The number of pyridine rings is 1. The molecular formula is C25H29N5O4. The van der Waals surface area contributed by atoms with Crippen LogP contribution in [0.3, 0.4) is 0 Å². The minimum Gasteiger partial charge on any atom is -0.497 e. The number of methoxy groups -OCH3 is 2. The van der Waals surface area contributed by atoms with E-state index < -0.39 is 5.41 Å². The molecule has 2 aromatic rings. The average molecular weight is 464 g/mol. The fourth-order valence-electron chi connectivity index (χ4n) is 4.73. The van der Waals surface area contributed by atoms with Crippen molar-refractivity contribution in [1.82, 2.24) is 9.88 Å². The lowest BCUT2D eigenvalue weighted by atomic mass is 9.77. The Morgan fingerprint density at radius 1 is 1.06 bits per heavy atom. The van der Waals surface area contributed by atoms with E-state index in [1.807, 2.05) is 4.90 Å². The van der Waals surface area contributed by atoms with E-state index in [9.17, 15) is 9.59 Å². The number of carbonyl (C=O) groups is 2. The first-order valence-electron chi connectivity index (χ1n) is 11.2. The maximum Gasteiger partial charge on any atom is 0.253 e. The molecule has 1 aromatic carbocycles.